The van der Waals surface area contributed by atoms with Gasteiger partial charge in [0.25, 0.3) is 0 Å². The lowest BCUT2D eigenvalue weighted by atomic mass is 10.1. The molecule has 0 saturated heterocycles. The van der Waals surface area contributed by atoms with Gasteiger partial charge in [0.1, 0.15) is 11.4 Å². The predicted molar refractivity (Wildman–Crippen MR) is 48.8 cm³/mol. The highest BCUT2D eigenvalue weighted by molar-refractivity contribution is 5.90. The predicted octanol–water partition coefficient (Wildman–Crippen LogP) is 0.531. The van der Waals surface area contributed by atoms with E-state index in [1.54, 1.807) is 0 Å². The van der Waals surface area contributed by atoms with Crippen molar-refractivity contribution in [2.75, 3.05) is 0 Å². The molecule has 6 heteroatoms. The maximum atomic E-state index is 10.6. The Balaban J connectivity index is 3.32. The van der Waals surface area contributed by atoms with Crippen LogP contribution in [0.5, 0.6) is 0 Å². The van der Waals surface area contributed by atoms with Crippen molar-refractivity contribution in [3.05, 3.63) is 29.1 Å². The normalized spacial score (nSPS) is 12.1. The van der Waals surface area contributed by atoms with Crippen molar-refractivity contribution in [1.82, 2.24) is 4.98 Å². The molecule has 1 heterocycles. The fourth-order valence-electron chi connectivity index (χ4n) is 1.01. The Bertz CT molecular complexity index is 381. The molecule has 1 atom stereocenters. The Morgan fingerprint density at radius 3 is 1.87 bits per heavy atom. The van der Waals surface area contributed by atoms with Crippen molar-refractivity contribution in [2.24, 2.45) is 0 Å². The van der Waals surface area contributed by atoms with E-state index in [2.05, 4.69) is 4.98 Å². The minimum Gasteiger partial charge on any atom is -0.477 e. The Labute approximate surface area is 84.8 Å². The van der Waals surface area contributed by atoms with Crippen LogP contribution in [0.2, 0.25) is 0 Å². The zero-order chi connectivity index (χ0) is 11.6. The number of rotatable bonds is 3. The summed E-state index contributed by atoms with van der Waals surface area (Å²) >= 11 is 0. The summed E-state index contributed by atoms with van der Waals surface area (Å²) in [6, 6.07) is 2.28. The van der Waals surface area contributed by atoms with E-state index in [9.17, 15) is 14.7 Å². The highest BCUT2D eigenvalue weighted by Gasteiger charge is 2.14. The third kappa shape index (κ3) is 2.50. The van der Waals surface area contributed by atoms with E-state index in [0.29, 0.717) is 0 Å². The molecule has 0 spiro atoms. The maximum Gasteiger partial charge on any atom is 0.354 e. The quantitative estimate of drug-likeness (QED) is 0.673. The van der Waals surface area contributed by atoms with Crippen molar-refractivity contribution in [3.8, 4) is 0 Å². The number of carboxylic acid groups (broad SMARTS) is 2. The zero-order valence-electron chi connectivity index (χ0n) is 7.84. The van der Waals surface area contributed by atoms with E-state index in [-0.39, 0.29) is 5.56 Å². The summed E-state index contributed by atoms with van der Waals surface area (Å²) in [7, 11) is 0. The SMILES string of the molecule is CC(O)c1cc(C(=O)O)nc(C(=O)O)c1. The van der Waals surface area contributed by atoms with Crippen molar-refractivity contribution < 1.29 is 24.9 Å². The molecular weight excluding hydrogens is 202 g/mol. The average Bonchev–Trinajstić information content (AvgIpc) is 2.16. The molecule has 0 radical (unpaired) electrons. The second-order valence-electron chi connectivity index (χ2n) is 2.96. The number of aromatic nitrogens is 1. The first kappa shape index (κ1) is 11.1. The van der Waals surface area contributed by atoms with E-state index in [1.165, 1.54) is 6.92 Å². The van der Waals surface area contributed by atoms with Crippen molar-refractivity contribution >= 4 is 11.9 Å². The molecule has 3 N–H and O–H groups in total. The molecule has 0 amide bonds. The van der Waals surface area contributed by atoms with Gasteiger partial charge in [-0.05, 0) is 24.6 Å². The molecule has 1 unspecified atom stereocenters. The lowest BCUT2D eigenvalue weighted by Gasteiger charge is -2.06. The van der Waals surface area contributed by atoms with Crippen LogP contribution in [0.25, 0.3) is 0 Å². The summed E-state index contributed by atoms with van der Waals surface area (Å²) in [6.07, 6.45) is -0.941. The van der Waals surface area contributed by atoms with Gasteiger partial charge < -0.3 is 15.3 Å². The Hall–Kier alpha value is -1.95. The summed E-state index contributed by atoms with van der Waals surface area (Å²) in [5, 5.41) is 26.5. The molecular formula is C9H9NO5. The van der Waals surface area contributed by atoms with Crippen LogP contribution < -0.4 is 0 Å². The van der Waals surface area contributed by atoms with E-state index < -0.39 is 29.4 Å². The van der Waals surface area contributed by atoms with Gasteiger partial charge >= 0.3 is 11.9 Å². The van der Waals surface area contributed by atoms with Crippen LogP contribution in [0, 0.1) is 0 Å². The number of hydrogen-bond donors (Lipinski definition) is 3. The van der Waals surface area contributed by atoms with Gasteiger partial charge in [-0.1, -0.05) is 0 Å². The molecule has 1 aromatic rings. The van der Waals surface area contributed by atoms with Gasteiger partial charge in [0.05, 0.1) is 6.10 Å². The average molecular weight is 211 g/mol. The number of pyridine rings is 1. The van der Waals surface area contributed by atoms with Crippen molar-refractivity contribution in [3.63, 3.8) is 0 Å². The zero-order valence-corrected chi connectivity index (χ0v) is 7.84. The fourth-order valence-corrected chi connectivity index (χ4v) is 1.01. The second kappa shape index (κ2) is 4.05. The van der Waals surface area contributed by atoms with Gasteiger partial charge in [-0.15, -0.1) is 0 Å². The van der Waals surface area contributed by atoms with E-state index in [1.807, 2.05) is 0 Å². The minimum absolute atomic E-state index is 0.208. The summed E-state index contributed by atoms with van der Waals surface area (Å²) in [5.41, 5.74) is -0.587. The van der Waals surface area contributed by atoms with Gasteiger partial charge in [-0.2, -0.15) is 0 Å². The van der Waals surface area contributed by atoms with Crippen LogP contribution in [0.1, 0.15) is 39.6 Å². The molecule has 1 aromatic heterocycles. The summed E-state index contributed by atoms with van der Waals surface area (Å²) in [6.45, 7) is 1.41. The molecule has 15 heavy (non-hydrogen) atoms. The molecule has 0 fully saturated rings. The smallest absolute Gasteiger partial charge is 0.354 e. The minimum atomic E-state index is -1.33. The first-order valence-corrected chi connectivity index (χ1v) is 4.08. The van der Waals surface area contributed by atoms with Crippen LogP contribution in [-0.2, 0) is 0 Å². The highest BCUT2D eigenvalue weighted by atomic mass is 16.4. The molecule has 0 aromatic carbocycles. The lowest BCUT2D eigenvalue weighted by Crippen LogP contribution is -2.09. The number of aromatic carboxylic acids is 2. The molecule has 6 nitrogen and oxygen atoms in total. The van der Waals surface area contributed by atoms with E-state index in [4.69, 9.17) is 10.2 Å². The van der Waals surface area contributed by atoms with Crippen LogP contribution >= 0.6 is 0 Å². The topological polar surface area (TPSA) is 108 Å². The number of aliphatic hydroxyl groups is 1. The van der Waals surface area contributed by atoms with Crippen molar-refractivity contribution in [2.45, 2.75) is 13.0 Å². The number of nitrogens with zero attached hydrogens (tertiary/aromatic N) is 1. The van der Waals surface area contributed by atoms with Gasteiger partial charge in [-0.3, -0.25) is 0 Å². The number of aliphatic hydroxyl groups excluding tert-OH is 1. The third-order valence-corrected chi connectivity index (χ3v) is 1.77. The molecule has 1 rings (SSSR count). The van der Waals surface area contributed by atoms with Crippen LogP contribution in [0.4, 0.5) is 0 Å². The van der Waals surface area contributed by atoms with Gasteiger partial charge in [0.2, 0.25) is 0 Å². The molecule has 0 aliphatic carbocycles. The third-order valence-electron chi connectivity index (χ3n) is 1.77. The number of carboxylic acids is 2. The largest absolute Gasteiger partial charge is 0.477 e. The van der Waals surface area contributed by atoms with Crippen LogP contribution in [-0.4, -0.2) is 32.2 Å². The number of hydrogen-bond acceptors (Lipinski definition) is 4. The van der Waals surface area contributed by atoms with Gasteiger partial charge in [0.15, 0.2) is 0 Å². The highest BCUT2D eigenvalue weighted by Crippen LogP contribution is 2.14. The maximum absolute atomic E-state index is 10.6. The van der Waals surface area contributed by atoms with E-state index >= 15 is 0 Å². The van der Waals surface area contributed by atoms with Crippen LogP contribution in [0.15, 0.2) is 12.1 Å². The monoisotopic (exact) mass is 211 g/mol. The Morgan fingerprint density at radius 2 is 1.60 bits per heavy atom. The first-order valence-electron chi connectivity index (χ1n) is 4.08. The Morgan fingerprint density at radius 1 is 1.20 bits per heavy atom. The van der Waals surface area contributed by atoms with Crippen LogP contribution in [0.3, 0.4) is 0 Å². The van der Waals surface area contributed by atoms with E-state index in [0.717, 1.165) is 12.1 Å². The second-order valence-corrected chi connectivity index (χ2v) is 2.96. The first-order chi connectivity index (χ1) is 6.91. The van der Waals surface area contributed by atoms with Gasteiger partial charge in [0, 0.05) is 0 Å². The number of carbonyl (C=O) groups is 2. The van der Waals surface area contributed by atoms with Gasteiger partial charge in [-0.25, -0.2) is 14.6 Å². The standard InChI is InChI=1S/C9H9NO5/c1-4(11)5-2-6(8(12)13)10-7(3-5)9(14)15/h2-4,11H,1H3,(H,12,13)(H,14,15). The molecule has 80 valence electrons. The summed E-state index contributed by atoms with van der Waals surface area (Å²) in [5.74, 6) is -2.67. The molecule has 0 aliphatic rings. The Kier molecular flexibility index (Phi) is 3.01. The fraction of sp³-hybridized carbons (Fsp3) is 0.222. The molecule has 0 bridgehead atoms. The summed E-state index contributed by atoms with van der Waals surface area (Å²) < 4.78 is 0. The summed E-state index contributed by atoms with van der Waals surface area (Å²) in [4.78, 5) is 24.6. The molecule has 0 aliphatic heterocycles. The van der Waals surface area contributed by atoms with Crippen molar-refractivity contribution in [1.29, 1.82) is 0 Å². The molecule has 0 saturated carbocycles. The lowest BCUT2D eigenvalue weighted by molar-refractivity contribution is 0.0684.